The molecule has 0 aromatic carbocycles. The van der Waals surface area contributed by atoms with Gasteiger partial charge < -0.3 is 0 Å². The van der Waals surface area contributed by atoms with Crippen molar-refractivity contribution >= 4 is 22.6 Å². The van der Waals surface area contributed by atoms with Gasteiger partial charge in [-0.05, 0) is 28.7 Å². The molecule has 0 aliphatic heterocycles. The Hall–Kier alpha value is -0.390. The molecule has 3 nitrogen and oxygen atoms in total. The van der Waals surface area contributed by atoms with Crippen molar-refractivity contribution in [1.82, 2.24) is 9.78 Å². The Labute approximate surface area is 65.8 Å². The maximum atomic E-state index is 10.7. The lowest BCUT2D eigenvalue weighted by atomic mass is 10.6. The molecular formula is C5H5IN2O. The van der Waals surface area contributed by atoms with Crippen LogP contribution in [0.1, 0.15) is 0 Å². The van der Waals surface area contributed by atoms with E-state index in [9.17, 15) is 4.79 Å². The third-order valence-corrected chi connectivity index (χ3v) is 1.50. The molecule has 1 heterocycles. The van der Waals surface area contributed by atoms with Gasteiger partial charge in [0.1, 0.15) is 3.70 Å². The molecule has 0 radical (unpaired) electrons. The molecule has 0 saturated carbocycles. The van der Waals surface area contributed by atoms with Crippen LogP contribution in [0.3, 0.4) is 0 Å². The molecule has 0 unspecified atom stereocenters. The summed E-state index contributed by atoms with van der Waals surface area (Å²) in [4.78, 5) is 10.7. The zero-order chi connectivity index (χ0) is 6.85. The standard InChI is InChI=1S/C5H5IN2O/c1-8-5(9)3-2-4(6)7-8/h2-3H,1H3. The minimum atomic E-state index is -0.0737. The van der Waals surface area contributed by atoms with Gasteiger partial charge in [0, 0.05) is 13.1 Å². The summed E-state index contributed by atoms with van der Waals surface area (Å²) in [6.45, 7) is 0. The summed E-state index contributed by atoms with van der Waals surface area (Å²) in [6.07, 6.45) is 0. The van der Waals surface area contributed by atoms with E-state index < -0.39 is 0 Å². The summed E-state index contributed by atoms with van der Waals surface area (Å²) in [6, 6.07) is 3.18. The molecule has 0 spiro atoms. The van der Waals surface area contributed by atoms with Crippen molar-refractivity contribution < 1.29 is 0 Å². The quantitative estimate of drug-likeness (QED) is 0.610. The highest BCUT2D eigenvalue weighted by atomic mass is 127. The molecule has 1 rings (SSSR count). The van der Waals surface area contributed by atoms with Crippen molar-refractivity contribution in [3.8, 4) is 0 Å². The normalized spacial score (nSPS) is 9.56. The van der Waals surface area contributed by atoms with Gasteiger partial charge in [0.25, 0.3) is 5.56 Å². The zero-order valence-corrected chi connectivity index (χ0v) is 6.99. The molecule has 0 fully saturated rings. The van der Waals surface area contributed by atoms with Crippen molar-refractivity contribution in [2.45, 2.75) is 0 Å². The number of halogens is 1. The summed E-state index contributed by atoms with van der Waals surface area (Å²) >= 11 is 2.05. The highest BCUT2D eigenvalue weighted by Crippen LogP contribution is 1.92. The van der Waals surface area contributed by atoms with Gasteiger partial charge in [-0.2, -0.15) is 5.10 Å². The smallest absolute Gasteiger partial charge is 0.266 e. The summed E-state index contributed by atoms with van der Waals surface area (Å²) in [5.74, 6) is 0. The van der Waals surface area contributed by atoms with Gasteiger partial charge in [-0.25, -0.2) is 4.68 Å². The van der Waals surface area contributed by atoms with E-state index in [1.807, 2.05) is 0 Å². The first-order chi connectivity index (χ1) is 4.20. The Morgan fingerprint density at radius 3 is 2.78 bits per heavy atom. The molecule has 0 N–H and O–H groups in total. The summed E-state index contributed by atoms with van der Waals surface area (Å²) < 4.78 is 2.14. The molecule has 0 aliphatic carbocycles. The summed E-state index contributed by atoms with van der Waals surface area (Å²) in [5, 5.41) is 3.86. The van der Waals surface area contributed by atoms with Gasteiger partial charge >= 0.3 is 0 Å². The van der Waals surface area contributed by atoms with Crippen LogP contribution in [0.2, 0.25) is 0 Å². The molecule has 0 amide bonds. The second-order valence-corrected chi connectivity index (χ2v) is 2.72. The molecular weight excluding hydrogens is 231 g/mol. The molecule has 0 saturated heterocycles. The molecule has 9 heavy (non-hydrogen) atoms. The maximum absolute atomic E-state index is 10.7. The van der Waals surface area contributed by atoms with Crippen LogP contribution in [0.25, 0.3) is 0 Å². The monoisotopic (exact) mass is 236 g/mol. The van der Waals surface area contributed by atoms with Crippen molar-refractivity contribution in [1.29, 1.82) is 0 Å². The fourth-order valence-corrected chi connectivity index (χ4v) is 0.977. The molecule has 1 aromatic rings. The molecule has 0 atom stereocenters. The van der Waals surface area contributed by atoms with Crippen LogP contribution in [0.5, 0.6) is 0 Å². The highest BCUT2D eigenvalue weighted by Gasteiger charge is 1.89. The third kappa shape index (κ3) is 1.51. The van der Waals surface area contributed by atoms with E-state index in [4.69, 9.17) is 0 Å². The largest absolute Gasteiger partial charge is 0.268 e. The third-order valence-electron chi connectivity index (χ3n) is 0.928. The summed E-state index contributed by atoms with van der Waals surface area (Å²) in [5.41, 5.74) is -0.0737. The van der Waals surface area contributed by atoms with E-state index in [0.29, 0.717) is 0 Å². The lowest BCUT2D eigenvalue weighted by Gasteiger charge is -1.92. The fourth-order valence-electron chi connectivity index (χ4n) is 0.474. The average Bonchev–Trinajstić information content (AvgIpc) is 1.80. The number of nitrogens with zero attached hydrogens (tertiary/aromatic N) is 2. The Bertz CT molecular complexity index is 268. The van der Waals surface area contributed by atoms with E-state index in [0.717, 1.165) is 3.70 Å². The van der Waals surface area contributed by atoms with E-state index in [-0.39, 0.29) is 5.56 Å². The van der Waals surface area contributed by atoms with Crippen molar-refractivity contribution in [2.75, 3.05) is 0 Å². The maximum Gasteiger partial charge on any atom is 0.266 e. The van der Waals surface area contributed by atoms with Gasteiger partial charge in [0.05, 0.1) is 0 Å². The predicted molar refractivity (Wildman–Crippen MR) is 42.2 cm³/mol. The van der Waals surface area contributed by atoms with Crippen molar-refractivity contribution in [2.24, 2.45) is 7.05 Å². The van der Waals surface area contributed by atoms with Crippen LogP contribution in [0, 0.1) is 3.70 Å². The Morgan fingerprint density at radius 1 is 1.67 bits per heavy atom. The SMILES string of the molecule is Cn1nc(I)ccc1=O. The van der Waals surface area contributed by atoms with Crippen LogP contribution in [0.4, 0.5) is 0 Å². The van der Waals surface area contributed by atoms with E-state index in [1.165, 1.54) is 10.7 Å². The molecule has 1 aromatic heterocycles. The van der Waals surface area contributed by atoms with Crippen LogP contribution in [0.15, 0.2) is 16.9 Å². The van der Waals surface area contributed by atoms with Crippen LogP contribution in [-0.4, -0.2) is 9.78 Å². The first kappa shape index (κ1) is 6.73. The fraction of sp³-hybridized carbons (Fsp3) is 0.200. The molecule has 48 valence electrons. The predicted octanol–water partition coefficient (Wildman–Crippen LogP) is 0.385. The highest BCUT2D eigenvalue weighted by molar-refractivity contribution is 14.1. The minimum Gasteiger partial charge on any atom is -0.268 e. The number of aromatic nitrogens is 2. The van der Waals surface area contributed by atoms with Crippen LogP contribution in [-0.2, 0) is 7.05 Å². The van der Waals surface area contributed by atoms with E-state index >= 15 is 0 Å². The number of hydrogen-bond acceptors (Lipinski definition) is 2. The van der Waals surface area contributed by atoms with Crippen LogP contribution >= 0.6 is 22.6 Å². The van der Waals surface area contributed by atoms with Crippen molar-refractivity contribution in [3.63, 3.8) is 0 Å². The van der Waals surface area contributed by atoms with Gasteiger partial charge in [-0.15, -0.1) is 0 Å². The summed E-state index contributed by atoms with van der Waals surface area (Å²) in [7, 11) is 1.63. The average molecular weight is 236 g/mol. The topological polar surface area (TPSA) is 34.9 Å². The van der Waals surface area contributed by atoms with Crippen molar-refractivity contribution in [3.05, 3.63) is 26.2 Å². The number of rotatable bonds is 0. The molecule has 0 bridgehead atoms. The molecule has 4 heteroatoms. The lowest BCUT2D eigenvalue weighted by Crippen LogP contribution is -2.18. The second kappa shape index (κ2) is 2.47. The number of hydrogen-bond donors (Lipinski definition) is 0. The molecule has 0 aliphatic rings. The Kier molecular flexibility index (Phi) is 1.84. The minimum absolute atomic E-state index is 0.0737. The number of aryl methyl sites for hydroxylation is 1. The van der Waals surface area contributed by atoms with E-state index in [2.05, 4.69) is 27.7 Å². The van der Waals surface area contributed by atoms with Gasteiger partial charge in [-0.1, -0.05) is 0 Å². The van der Waals surface area contributed by atoms with Gasteiger partial charge in [0.15, 0.2) is 0 Å². The first-order valence-corrected chi connectivity index (χ1v) is 3.48. The Balaban J connectivity index is 3.34. The van der Waals surface area contributed by atoms with Gasteiger partial charge in [0.2, 0.25) is 0 Å². The lowest BCUT2D eigenvalue weighted by molar-refractivity contribution is 0.696. The Morgan fingerprint density at radius 2 is 2.33 bits per heavy atom. The first-order valence-electron chi connectivity index (χ1n) is 2.40. The second-order valence-electron chi connectivity index (χ2n) is 1.62. The van der Waals surface area contributed by atoms with E-state index in [1.54, 1.807) is 13.1 Å². The van der Waals surface area contributed by atoms with Gasteiger partial charge in [-0.3, -0.25) is 4.79 Å². The van der Waals surface area contributed by atoms with Crippen LogP contribution < -0.4 is 5.56 Å². The zero-order valence-electron chi connectivity index (χ0n) is 4.84.